The summed E-state index contributed by atoms with van der Waals surface area (Å²) in [5.74, 6) is 0.0461. The summed E-state index contributed by atoms with van der Waals surface area (Å²) < 4.78 is 23.4. The van der Waals surface area contributed by atoms with E-state index in [1.165, 1.54) is 0 Å². The monoisotopic (exact) mass is 254 g/mol. The van der Waals surface area contributed by atoms with Gasteiger partial charge in [0.1, 0.15) is 5.60 Å². The highest BCUT2D eigenvalue weighted by Gasteiger charge is 2.39. The molecular formula is C13H18O3S. The van der Waals surface area contributed by atoms with Crippen LogP contribution in [0.1, 0.15) is 29.5 Å². The molecule has 1 aliphatic rings. The maximum atomic E-state index is 11.7. The lowest BCUT2D eigenvalue weighted by Crippen LogP contribution is -2.40. The fourth-order valence-electron chi connectivity index (χ4n) is 2.56. The number of hydrogen-bond donors (Lipinski definition) is 1. The predicted octanol–water partition coefficient (Wildman–Crippen LogP) is 1.70. The minimum atomic E-state index is -3.12. The van der Waals surface area contributed by atoms with E-state index in [0.717, 1.165) is 16.7 Å². The Bertz CT molecular complexity index is 534. The van der Waals surface area contributed by atoms with Crippen LogP contribution in [0.3, 0.4) is 0 Å². The molecule has 0 aliphatic carbocycles. The van der Waals surface area contributed by atoms with Crippen molar-refractivity contribution < 1.29 is 13.5 Å². The number of aliphatic hydroxyl groups is 1. The van der Waals surface area contributed by atoms with Crippen molar-refractivity contribution in [1.29, 1.82) is 0 Å². The van der Waals surface area contributed by atoms with Crippen LogP contribution in [-0.4, -0.2) is 25.0 Å². The molecule has 1 atom stereocenters. The lowest BCUT2D eigenvalue weighted by Gasteiger charge is -2.33. The summed E-state index contributed by atoms with van der Waals surface area (Å²) in [6.45, 7) is 3.91. The predicted molar refractivity (Wildman–Crippen MR) is 67.7 cm³/mol. The molecule has 1 saturated heterocycles. The summed E-state index contributed by atoms with van der Waals surface area (Å²) in [7, 11) is -3.12. The minimum absolute atomic E-state index is 0.149. The molecule has 0 saturated carbocycles. The number of sulfone groups is 1. The molecule has 17 heavy (non-hydrogen) atoms. The fraction of sp³-hybridized carbons (Fsp3) is 0.538. The number of rotatable bonds is 1. The molecule has 0 bridgehead atoms. The fourth-order valence-corrected chi connectivity index (χ4v) is 4.32. The maximum absolute atomic E-state index is 11.7. The van der Waals surface area contributed by atoms with Gasteiger partial charge >= 0.3 is 0 Å². The van der Waals surface area contributed by atoms with Crippen LogP contribution in [-0.2, 0) is 15.4 Å². The average Bonchev–Trinajstić information content (AvgIpc) is 2.20. The molecule has 2 rings (SSSR count). The van der Waals surface area contributed by atoms with Gasteiger partial charge in [-0.25, -0.2) is 8.42 Å². The summed E-state index contributed by atoms with van der Waals surface area (Å²) in [6, 6.07) is 5.68. The third kappa shape index (κ3) is 2.38. The van der Waals surface area contributed by atoms with Crippen molar-refractivity contribution in [2.24, 2.45) is 0 Å². The van der Waals surface area contributed by atoms with Gasteiger partial charge in [-0.15, -0.1) is 0 Å². The van der Waals surface area contributed by atoms with E-state index < -0.39 is 15.4 Å². The molecule has 1 aromatic carbocycles. The Morgan fingerprint density at radius 2 is 2.00 bits per heavy atom. The lowest BCUT2D eigenvalue weighted by atomic mass is 9.86. The van der Waals surface area contributed by atoms with Crippen LogP contribution in [0.25, 0.3) is 0 Å². The van der Waals surface area contributed by atoms with Gasteiger partial charge in [0.05, 0.1) is 11.5 Å². The Morgan fingerprint density at radius 1 is 1.29 bits per heavy atom. The lowest BCUT2D eigenvalue weighted by molar-refractivity contribution is 0.0460. The van der Waals surface area contributed by atoms with E-state index >= 15 is 0 Å². The number of benzene rings is 1. The molecule has 4 heteroatoms. The minimum Gasteiger partial charge on any atom is -0.384 e. The van der Waals surface area contributed by atoms with Gasteiger partial charge in [0, 0.05) is 0 Å². The van der Waals surface area contributed by atoms with E-state index in [1.807, 2.05) is 32.0 Å². The molecule has 1 aliphatic heterocycles. The quantitative estimate of drug-likeness (QED) is 0.830. The van der Waals surface area contributed by atoms with Crippen LogP contribution in [0.2, 0.25) is 0 Å². The molecule has 0 spiro atoms. The topological polar surface area (TPSA) is 54.4 Å². The van der Waals surface area contributed by atoms with E-state index in [0.29, 0.717) is 12.8 Å². The first-order valence-electron chi connectivity index (χ1n) is 5.84. The standard InChI is InChI=1S/C13H18O3S/c1-10-5-3-6-12(11(10)2)13(14)7-4-8-17(15,16)9-13/h3,5-6,14H,4,7-9H2,1-2H3. The Labute approximate surface area is 102 Å². The van der Waals surface area contributed by atoms with Gasteiger partial charge in [0.2, 0.25) is 0 Å². The highest BCUT2D eigenvalue weighted by atomic mass is 32.2. The number of hydrogen-bond acceptors (Lipinski definition) is 3. The average molecular weight is 254 g/mol. The van der Waals surface area contributed by atoms with Crippen LogP contribution in [0.5, 0.6) is 0 Å². The van der Waals surface area contributed by atoms with Gasteiger partial charge in [0.15, 0.2) is 9.84 Å². The van der Waals surface area contributed by atoms with Gasteiger partial charge in [-0.3, -0.25) is 0 Å². The third-order valence-corrected chi connectivity index (χ3v) is 5.44. The molecule has 1 fully saturated rings. The zero-order valence-corrected chi connectivity index (χ0v) is 11.0. The molecule has 1 unspecified atom stereocenters. The molecule has 1 aromatic rings. The van der Waals surface area contributed by atoms with Crippen molar-refractivity contribution in [2.75, 3.05) is 11.5 Å². The maximum Gasteiger partial charge on any atom is 0.153 e. The molecule has 1 heterocycles. The van der Waals surface area contributed by atoms with Gasteiger partial charge in [-0.05, 0) is 43.4 Å². The second kappa shape index (κ2) is 4.10. The normalized spacial score (nSPS) is 27.9. The van der Waals surface area contributed by atoms with Crippen molar-refractivity contribution in [3.05, 3.63) is 34.9 Å². The van der Waals surface area contributed by atoms with Crippen molar-refractivity contribution in [2.45, 2.75) is 32.3 Å². The van der Waals surface area contributed by atoms with Gasteiger partial charge in [0.25, 0.3) is 0 Å². The molecule has 3 nitrogen and oxygen atoms in total. The summed E-state index contributed by atoms with van der Waals surface area (Å²) in [4.78, 5) is 0. The molecule has 0 aromatic heterocycles. The highest BCUT2D eigenvalue weighted by Crippen LogP contribution is 2.35. The van der Waals surface area contributed by atoms with Crippen LogP contribution in [0.15, 0.2) is 18.2 Å². The smallest absolute Gasteiger partial charge is 0.153 e. The largest absolute Gasteiger partial charge is 0.384 e. The van der Waals surface area contributed by atoms with E-state index in [4.69, 9.17) is 0 Å². The Morgan fingerprint density at radius 3 is 2.65 bits per heavy atom. The summed E-state index contributed by atoms with van der Waals surface area (Å²) in [5, 5.41) is 10.6. The van der Waals surface area contributed by atoms with Gasteiger partial charge in [-0.2, -0.15) is 0 Å². The number of aryl methyl sites for hydroxylation is 1. The van der Waals surface area contributed by atoms with E-state index in [-0.39, 0.29) is 11.5 Å². The van der Waals surface area contributed by atoms with Gasteiger partial charge < -0.3 is 5.11 Å². The van der Waals surface area contributed by atoms with Crippen LogP contribution < -0.4 is 0 Å². The molecule has 0 amide bonds. The molecule has 1 N–H and O–H groups in total. The van der Waals surface area contributed by atoms with Crippen molar-refractivity contribution in [3.8, 4) is 0 Å². The van der Waals surface area contributed by atoms with E-state index in [2.05, 4.69) is 0 Å². The van der Waals surface area contributed by atoms with Crippen LogP contribution in [0.4, 0.5) is 0 Å². The first-order chi connectivity index (χ1) is 7.84. The second-order valence-electron chi connectivity index (χ2n) is 4.97. The Hall–Kier alpha value is -0.870. The zero-order chi connectivity index (χ0) is 12.7. The summed E-state index contributed by atoms with van der Waals surface area (Å²) in [5.41, 5.74) is 1.64. The first-order valence-corrected chi connectivity index (χ1v) is 7.66. The SMILES string of the molecule is Cc1cccc(C2(O)CCCS(=O)(=O)C2)c1C. The van der Waals surface area contributed by atoms with E-state index in [1.54, 1.807) is 0 Å². The Balaban J connectivity index is 2.48. The highest BCUT2D eigenvalue weighted by molar-refractivity contribution is 7.91. The van der Waals surface area contributed by atoms with Crippen molar-refractivity contribution in [3.63, 3.8) is 0 Å². The summed E-state index contributed by atoms with van der Waals surface area (Å²) in [6.07, 6.45) is 1.06. The zero-order valence-electron chi connectivity index (χ0n) is 10.2. The van der Waals surface area contributed by atoms with Gasteiger partial charge in [-0.1, -0.05) is 18.2 Å². The Kier molecular flexibility index (Phi) is 3.04. The molecular weight excluding hydrogens is 236 g/mol. The van der Waals surface area contributed by atoms with E-state index in [9.17, 15) is 13.5 Å². The first kappa shape index (κ1) is 12.6. The third-order valence-electron chi connectivity index (χ3n) is 3.61. The summed E-state index contributed by atoms with van der Waals surface area (Å²) >= 11 is 0. The van der Waals surface area contributed by atoms with Crippen molar-refractivity contribution >= 4 is 9.84 Å². The van der Waals surface area contributed by atoms with Crippen molar-refractivity contribution in [1.82, 2.24) is 0 Å². The van der Waals surface area contributed by atoms with Crippen LogP contribution in [0, 0.1) is 13.8 Å². The molecule has 0 radical (unpaired) electrons. The second-order valence-corrected chi connectivity index (χ2v) is 7.16. The molecule has 94 valence electrons. The van der Waals surface area contributed by atoms with Crippen LogP contribution >= 0.6 is 0 Å².